The molecule has 2 atom stereocenters. The van der Waals surface area contributed by atoms with E-state index < -0.39 is 18.0 Å². The van der Waals surface area contributed by atoms with Crippen molar-refractivity contribution >= 4 is 12.6 Å². The summed E-state index contributed by atoms with van der Waals surface area (Å²) in [5.41, 5.74) is 0.555. The largest absolute Gasteiger partial charge is 0.389 e. The number of nitrogens with zero attached hydrogens (tertiary/aromatic N) is 1. The molecule has 0 heterocycles. The summed E-state index contributed by atoms with van der Waals surface area (Å²) in [7, 11) is 0. The van der Waals surface area contributed by atoms with Crippen LogP contribution in [-0.4, -0.2) is 22.1 Å². The predicted octanol–water partition coefficient (Wildman–Crippen LogP) is 1.22. The Morgan fingerprint density at radius 3 is 2.62 bits per heavy atom. The van der Waals surface area contributed by atoms with Crippen molar-refractivity contribution in [2.75, 3.05) is 5.75 Å². The Bertz CT molecular complexity index is 405. The summed E-state index contributed by atoms with van der Waals surface area (Å²) in [5.74, 6) is -0.582. The molecule has 0 saturated carbocycles. The number of rotatable bonds is 4. The minimum Gasteiger partial charge on any atom is -0.389 e. The molecule has 0 aliphatic rings. The van der Waals surface area contributed by atoms with Gasteiger partial charge in [0.2, 0.25) is 0 Å². The van der Waals surface area contributed by atoms with Gasteiger partial charge in [-0.3, -0.25) is 0 Å². The molecule has 0 amide bonds. The second-order valence-corrected chi connectivity index (χ2v) is 3.75. The van der Waals surface area contributed by atoms with Crippen molar-refractivity contribution in [3.63, 3.8) is 0 Å². The van der Waals surface area contributed by atoms with Gasteiger partial charge < -0.3 is 10.2 Å². The van der Waals surface area contributed by atoms with Crippen LogP contribution in [0.2, 0.25) is 0 Å². The second-order valence-electron chi connectivity index (χ2n) is 3.39. The van der Waals surface area contributed by atoms with E-state index in [1.807, 2.05) is 6.07 Å². The standard InChI is InChI=1S/C11H12FNO2S/c12-9-5-7(3-4-13)1-2-8(9)11(15)10(14)6-16/h1-2,5,10-11,14-16H,3,6H2. The second kappa shape index (κ2) is 5.85. The van der Waals surface area contributed by atoms with E-state index in [4.69, 9.17) is 5.26 Å². The maximum absolute atomic E-state index is 13.5. The number of halogens is 1. The first-order valence-electron chi connectivity index (χ1n) is 4.72. The fraction of sp³-hybridized carbons (Fsp3) is 0.364. The zero-order chi connectivity index (χ0) is 12.1. The van der Waals surface area contributed by atoms with Gasteiger partial charge in [0, 0.05) is 11.3 Å². The fourth-order valence-corrected chi connectivity index (χ4v) is 1.52. The van der Waals surface area contributed by atoms with E-state index in [0.29, 0.717) is 5.56 Å². The van der Waals surface area contributed by atoms with Gasteiger partial charge in [0.05, 0.1) is 18.6 Å². The van der Waals surface area contributed by atoms with Crippen LogP contribution in [0, 0.1) is 17.1 Å². The SMILES string of the molecule is N#CCc1ccc(C(O)C(O)CS)c(F)c1. The van der Waals surface area contributed by atoms with E-state index in [1.54, 1.807) is 6.07 Å². The number of hydrogen-bond acceptors (Lipinski definition) is 4. The van der Waals surface area contributed by atoms with Crippen molar-refractivity contribution in [1.29, 1.82) is 5.26 Å². The van der Waals surface area contributed by atoms with Crippen LogP contribution in [0.25, 0.3) is 0 Å². The van der Waals surface area contributed by atoms with E-state index in [2.05, 4.69) is 12.6 Å². The summed E-state index contributed by atoms with van der Waals surface area (Å²) in [6.45, 7) is 0. The first-order chi connectivity index (χ1) is 7.60. The van der Waals surface area contributed by atoms with Crippen LogP contribution in [-0.2, 0) is 6.42 Å². The molecule has 0 spiro atoms. The Balaban J connectivity index is 2.95. The lowest BCUT2D eigenvalue weighted by Crippen LogP contribution is -2.20. The number of aliphatic hydroxyl groups excluding tert-OH is 2. The summed E-state index contributed by atoms with van der Waals surface area (Å²) >= 11 is 3.82. The lowest BCUT2D eigenvalue weighted by atomic mass is 10.0. The van der Waals surface area contributed by atoms with Crippen LogP contribution in [0.15, 0.2) is 18.2 Å². The smallest absolute Gasteiger partial charge is 0.129 e. The normalized spacial score (nSPS) is 14.2. The van der Waals surface area contributed by atoms with E-state index in [1.165, 1.54) is 12.1 Å². The number of nitriles is 1. The summed E-state index contributed by atoms with van der Waals surface area (Å²) < 4.78 is 13.5. The maximum Gasteiger partial charge on any atom is 0.129 e. The van der Waals surface area contributed by atoms with Crippen LogP contribution in [0.3, 0.4) is 0 Å². The molecule has 0 fully saturated rings. The van der Waals surface area contributed by atoms with Crippen LogP contribution < -0.4 is 0 Å². The van der Waals surface area contributed by atoms with E-state index in [0.717, 1.165) is 0 Å². The monoisotopic (exact) mass is 241 g/mol. The van der Waals surface area contributed by atoms with Crippen LogP contribution in [0.4, 0.5) is 4.39 Å². The number of benzene rings is 1. The molecule has 0 bridgehead atoms. The number of hydrogen-bond donors (Lipinski definition) is 3. The Morgan fingerprint density at radius 1 is 1.44 bits per heavy atom. The van der Waals surface area contributed by atoms with Gasteiger partial charge >= 0.3 is 0 Å². The first-order valence-corrected chi connectivity index (χ1v) is 5.35. The van der Waals surface area contributed by atoms with Crippen LogP contribution in [0.5, 0.6) is 0 Å². The first kappa shape index (κ1) is 13.0. The summed E-state index contributed by atoms with van der Waals surface area (Å²) in [6.07, 6.45) is -2.30. The molecule has 16 heavy (non-hydrogen) atoms. The van der Waals surface area contributed by atoms with Crippen molar-refractivity contribution in [3.8, 4) is 6.07 Å². The summed E-state index contributed by atoms with van der Waals surface area (Å²) in [5, 5.41) is 27.4. The van der Waals surface area contributed by atoms with Crippen molar-refractivity contribution in [2.45, 2.75) is 18.6 Å². The molecule has 1 aromatic rings. The van der Waals surface area contributed by atoms with Crippen molar-refractivity contribution in [1.82, 2.24) is 0 Å². The topological polar surface area (TPSA) is 64.2 Å². The molecular weight excluding hydrogens is 229 g/mol. The molecule has 3 nitrogen and oxygen atoms in total. The molecule has 5 heteroatoms. The number of aliphatic hydroxyl groups is 2. The van der Waals surface area contributed by atoms with Gasteiger partial charge in [0.1, 0.15) is 11.9 Å². The van der Waals surface area contributed by atoms with Gasteiger partial charge in [-0.2, -0.15) is 17.9 Å². The van der Waals surface area contributed by atoms with Gasteiger partial charge in [-0.1, -0.05) is 12.1 Å². The maximum atomic E-state index is 13.5. The third-order valence-corrected chi connectivity index (χ3v) is 2.59. The number of thiol groups is 1. The van der Waals surface area contributed by atoms with E-state index in [9.17, 15) is 14.6 Å². The van der Waals surface area contributed by atoms with Gasteiger partial charge in [0.15, 0.2) is 0 Å². The molecule has 0 radical (unpaired) electrons. The minimum absolute atomic E-state index is 0.0169. The third-order valence-electron chi connectivity index (χ3n) is 2.22. The molecule has 0 aliphatic carbocycles. The molecule has 1 aromatic carbocycles. The average Bonchev–Trinajstić information content (AvgIpc) is 2.28. The average molecular weight is 241 g/mol. The molecular formula is C11H12FNO2S. The Kier molecular flexibility index (Phi) is 4.74. The summed E-state index contributed by atoms with van der Waals surface area (Å²) in [4.78, 5) is 0. The molecule has 2 unspecified atom stereocenters. The fourth-order valence-electron chi connectivity index (χ4n) is 1.32. The third kappa shape index (κ3) is 2.95. The Morgan fingerprint density at radius 2 is 2.12 bits per heavy atom. The van der Waals surface area contributed by atoms with Crippen molar-refractivity contribution < 1.29 is 14.6 Å². The molecule has 2 N–H and O–H groups in total. The van der Waals surface area contributed by atoms with Crippen LogP contribution >= 0.6 is 12.6 Å². The highest BCUT2D eigenvalue weighted by Gasteiger charge is 2.20. The van der Waals surface area contributed by atoms with Gasteiger partial charge in [-0.05, 0) is 11.6 Å². The van der Waals surface area contributed by atoms with Crippen molar-refractivity contribution in [3.05, 3.63) is 35.1 Å². The Labute approximate surface area is 98.6 Å². The molecule has 0 saturated heterocycles. The van der Waals surface area contributed by atoms with E-state index in [-0.39, 0.29) is 17.7 Å². The lowest BCUT2D eigenvalue weighted by Gasteiger charge is -2.17. The molecule has 1 rings (SSSR count). The van der Waals surface area contributed by atoms with Gasteiger partial charge in [-0.15, -0.1) is 0 Å². The van der Waals surface area contributed by atoms with Crippen molar-refractivity contribution in [2.24, 2.45) is 0 Å². The quantitative estimate of drug-likeness (QED) is 0.694. The highest BCUT2D eigenvalue weighted by molar-refractivity contribution is 7.80. The van der Waals surface area contributed by atoms with Gasteiger partial charge in [-0.25, -0.2) is 4.39 Å². The lowest BCUT2D eigenvalue weighted by molar-refractivity contribution is 0.0315. The Hall–Kier alpha value is -1.09. The zero-order valence-electron chi connectivity index (χ0n) is 8.47. The van der Waals surface area contributed by atoms with E-state index >= 15 is 0 Å². The van der Waals surface area contributed by atoms with Crippen LogP contribution in [0.1, 0.15) is 17.2 Å². The minimum atomic E-state index is -1.30. The molecule has 86 valence electrons. The highest BCUT2D eigenvalue weighted by Crippen LogP contribution is 2.22. The predicted molar refractivity (Wildman–Crippen MR) is 60.5 cm³/mol. The molecule has 0 aliphatic heterocycles. The zero-order valence-corrected chi connectivity index (χ0v) is 9.36. The van der Waals surface area contributed by atoms with Gasteiger partial charge in [0.25, 0.3) is 0 Å². The highest BCUT2D eigenvalue weighted by atomic mass is 32.1. The summed E-state index contributed by atoms with van der Waals surface area (Å²) in [6, 6.07) is 6.02. The molecule has 0 aromatic heterocycles.